The summed E-state index contributed by atoms with van der Waals surface area (Å²) >= 11 is 1.32. The number of piperazine rings is 1. The van der Waals surface area contributed by atoms with Crippen LogP contribution in [-0.4, -0.2) is 47.9 Å². The summed E-state index contributed by atoms with van der Waals surface area (Å²) in [4.78, 5) is 33.6. The molecule has 2 aromatic heterocycles. The van der Waals surface area contributed by atoms with E-state index < -0.39 is 0 Å². The van der Waals surface area contributed by atoms with Gasteiger partial charge in [-0.3, -0.25) is 14.9 Å². The van der Waals surface area contributed by atoms with Gasteiger partial charge < -0.3 is 14.2 Å². The third kappa shape index (κ3) is 4.17. The lowest BCUT2D eigenvalue weighted by Crippen LogP contribution is -2.49. The fourth-order valence-electron chi connectivity index (χ4n) is 3.37. The Hall–Kier alpha value is -3.13. The molecule has 1 aromatic carbocycles. The van der Waals surface area contributed by atoms with Crippen molar-refractivity contribution in [3.05, 3.63) is 63.7 Å². The number of carbonyl (C=O) groups excluding carboxylic acids is 2. The highest BCUT2D eigenvalue weighted by Crippen LogP contribution is 2.23. The Morgan fingerprint density at radius 1 is 1.14 bits per heavy atom. The Morgan fingerprint density at radius 3 is 2.66 bits per heavy atom. The van der Waals surface area contributed by atoms with Crippen molar-refractivity contribution in [1.82, 2.24) is 9.88 Å². The number of thiophene rings is 1. The highest BCUT2D eigenvalue weighted by molar-refractivity contribution is 7.12. The maximum Gasteiger partial charge on any atom is 0.302 e. The minimum Gasteiger partial charge on any atom is -0.431 e. The number of rotatable bonds is 4. The van der Waals surface area contributed by atoms with Crippen LogP contribution in [0.25, 0.3) is 0 Å². The van der Waals surface area contributed by atoms with E-state index in [4.69, 9.17) is 4.42 Å². The number of nitrogens with zero attached hydrogens (tertiary/aromatic N) is 3. The minimum absolute atomic E-state index is 0.0285. The van der Waals surface area contributed by atoms with Crippen LogP contribution >= 0.6 is 11.3 Å². The van der Waals surface area contributed by atoms with Crippen LogP contribution in [0.3, 0.4) is 0 Å². The van der Waals surface area contributed by atoms with Gasteiger partial charge in [0.05, 0.1) is 4.88 Å². The van der Waals surface area contributed by atoms with Gasteiger partial charge in [-0.2, -0.15) is 4.98 Å². The number of hydrogen-bond donors (Lipinski definition) is 1. The first-order valence-corrected chi connectivity index (χ1v) is 10.3. The van der Waals surface area contributed by atoms with E-state index in [1.807, 2.05) is 5.38 Å². The normalized spacial score (nSPS) is 14.1. The van der Waals surface area contributed by atoms with Crippen molar-refractivity contribution in [2.24, 2.45) is 0 Å². The number of oxazole rings is 1. The molecule has 29 heavy (non-hydrogen) atoms. The van der Waals surface area contributed by atoms with Crippen LogP contribution < -0.4 is 10.2 Å². The second-order valence-corrected chi connectivity index (χ2v) is 7.99. The zero-order valence-corrected chi connectivity index (χ0v) is 17.2. The van der Waals surface area contributed by atoms with Gasteiger partial charge in [0.15, 0.2) is 5.69 Å². The molecule has 0 bridgehead atoms. The molecule has 0 atom stereocenters. The third-order valence-electron chi connectivity index (χ3n) is 4.96. The van der Waals surface area contributed by atoms with Gasteiger partial charge in [-0.25, -0.2) is 0 Å². The number of benzene rings is 1. The Balaban J connectivity index is 1.37. The summed E-state index contributed by atoms with van der Waals surface area (Å²) in [6.45, 7) is 6.92. The lowest BCUT2D eigenvalue weighted by molar-refractivity contribution is 0.0740. The summed E-state index contributed by atoms with van der Waals surface area (Å²) in [7, 11) is 0. The molecular formula is C21H22N4O3S. The molecule has 8 heteroatoms. The van der Waals surface area contributed by atoms with Crippen LogP contribution in [-0.2, 0) is 0 Å². The number of nitrogens with one attached hydrogen (secondary N) is 1. The quantitative estimate of drug-likeness (QED) is 0.711. The number of aromatic nitrogens is 1. The van der Waals surface area contributed by atoms with E-state index in [1.54, 1.807) is 17.0 Å². The zero-order chi connectivity index (χ0) is 20.4. The Bertz CT molecular complexity index is 1020. The van der Waals surface area contributed by atoms with E-state index >= 15 is 0 Å². The van der Waals surface area contributed by atoms with E-state index in [2.05, 4.69) is 47.2 Å². The lowest BCUT2D eigenvalue weighted by atomic mass is 10.1. The van der Waals surface area contributed by atoms with Gasteiger partial charge >= 0.3 is 6.01 Å². The largest absolute Gasteiger partial charge is 0.431 e. The number of aryl methyl sites for hydroxylation is 2. The summed E-state index contributed by atoms with van der Waals surface area (Å²) in [6.07, 6.45) is 1.30. The fourth-order valence-corrected chi connectivity index (χ4v) is 3.99. The number of hydrogen-bond acceptors (Lipinski definition) is 6. The first-order valence-electron chi connectivity index (χ1n) is 9.43. The summed E-state index contributed by atoms with van der Waals surface area (Å²) in [5.41, 5.74) is 3.88. The average Bonchev–Trinajstić information content (AvgIpc) is 3.42. The van der Waals surface area contributed by atoms with Gasteiger partial charge in [0.2, 0.25) is 0 Å². The van der Waals surface area contributed by atoms with Gasteiger partial charge in [-0.15, -0.1) is 11.3 Å². The summed E-state index contributed by atoms with van der Waals surface area (Å²) in [6, 6.07) is 9.96. The van der Waals surface area contributed by atoms with Crippen molar-refractivity contribution in [1.29, 1.82) is 0 Å². The Morgan fingerprint density at radius 2 is 1.93 bits per heavy atom. The molecule has 3 heterocycles. The topological polar surface area (TPSA) is 78.7 Å². The second-order valence-electron chi connectivity index (χ2n) is 7.04. The molecule has 4 rings (SSSR count). The molecule has 1 N–H and O–H groups in total. The third-order valence-corrected chi connectivity index (χ3v) is 5.83. The van der Waals surface area contributed by atoms with Gasteiger partial charge in [-0.1, -0.05) is 18.2 Å². The zero-order valence-electron chi connectivity index (χ0n) is 16.3. The van der Waals surface area contributed by atoms with Crippen molar-refractivity contribution in [2.45, 2.75) is 13.8 Å². The minimum atomic E-state index is -0.303. The molecule has 0 unspecified atom stereocenters. The molecule has 1 fully saturated rings. The summed E-state index contributed by atoms with van der Waals surface area (Å²) in [5, 5.41) is 4.39. The van der Waals surface area contributed by atoms with E-state index in [0.717, 1.165) is 13.1 Å². The van der Waals surface area contributed by atoms with Crippen molar-refractivity contribution in [2.75, 3.05) is 36.4 Å². The summed E-state index contributed by atoms with van der Waals surface area (Å²) < 4.78 is 5.27. The molecule has 2 amide bonds. The molecule has 0 aliphatic carbocycles. The van der Waals surface area contributed by atoms with Crippen molar-refractivity contribution < 1.29 is 14.0 Å². The van der Waals surface area contributed by atoms with Crippen LogP contribution in [0.2, 0.25) is 0 Å². The second kappa shape index (κ2) is 8.08. The molecule has 3 aromatic rings. The highest BCUT2D eigenvalue weighted by atomic mass is 32.1. The summed E-state index contributed by atoms with van der Waals surface area (Å²) in [5.74, 6) is -0.492. The van der Waals surface area contributed by atoms with E-state index in [1.165, 1.54) is 34.4 Å². The predicted octanol–water partition coefficient (Wildman–Crippen LogP) is 3.57. The lowest BCUT2D eigenvalue weighted by Gasteiger charge is -2.36. The standard InChI is InChI=1S/C21H22N4O3S/c1-14-5-6-15(2)17(12-14)24-7-9-25(10-8-24)20(27)16-13-28-21(22-16)23-19(26)18-4-3-11-29-18/h3-6,11-13H,7-10H2,1-2H3,(H,22,23,26). The van der Waals surface area contributed by atoms with Crippen LogP contribution in [0.1, 0.15) is 31.3 Å². The SMILES string of the molecule is Cc1ccc(C)c(N2CCN(C(=O)c3coc(NC(=O)c4cccs4)n3)CC2)c1. The van der Waals surface area contributed by atoms with Crippen LogP contribution in [0.5, 0.6) is 0 Å². The number of amides is 2. The van der Waals surface area contributed by atoms with Gasteiger partial charge in [0.25, 0.3) is 11.8 Å². The first kappa shape index (κ1) is 19.2. The molecular weight excluding hydrogens is 388 g/mol. The maximum atomic E-state index is 12.8. The molecule has 150 valence electrons. The molecule has 1 saturated heterocycles. The van der Waals surface area contributed by atoms with Crippen molar-refractivity contribution in [3.8, 4) is 0 Å². The Labute approximate surface area is 173 Å². The number of carbonyl (C=O) groups is 2. The Kier molecular flexibility index (Phi) is 5.35. The predicted molar refractivity (Wildman–Crippen MR) is 113 cm³/mol. The van der Waals surface area contributed by atoms with E-state index in [9.17, 15) is 9.59 Å². The van der Waals surface area contributed by atoms with Crippen molar-refractivity contribution >= 4 is 34.9 Å². The maximum absolute atomic E-state index is 12.8. The van der Waals surface area contributed by atoms with Gasteiger partial charge in [-0.05, 0) is 42.5 Å². The van der Waals surface area contributed by atoms with Gasteiger partial charge in [0.1, 0.15) is 6.26 Å². The number of anilines is 2. The molecule has 0 saturated carbocycles. The molecule has 1 aliphatic heterocycles. The van der Waals surface area contributed by atoms with Gasteiger partial charge in [0, 0.05) is 31.9 Å². The first-order chi connectivity index (χ1) is 14.0. The smallest absolute Gasteiger partial charge is 0.302 e. The van der Waals surface area contributed by atoms with E-state index in [0.29, 0.717) is 18.0 Å². The average molecular weight is 410 g/mol. The fraction of sp³-hybridized carbons (Fsp3) is 0.286. The van der Waals surface area contributed by atoms with Crippen LogP contribution in [0.4, 0.5) is 11.7 Å². The van der Waals surface area contributed by atoms with Crippen LogP contribution in [0, 0.1) is 13.8 Å². The monoisotopic (exact) mass is 410 g/mol. The molecule has 0 radical (unpaired) electrons. The molecule has 0 spiro atoms. The van der Waals surface area contributed by atoms with Crippen LogP contribution in [0.15, 0.2) is 46.4 Å². The van der Waals surface area contributed by atoms with E-state index in [-0.39, 0.29) is 23.5 Å². The van der Waals surface area contributed by atoms with Crippen molar-refractivity contribution in [3.63, 3.8) is 0 Å². The highest BCUT2D eigenvalue weighted by Gasteiger charge is 2.25. The molecule has 7 nitrogen and oxygen atoms in total. The molecule has 1 aliphatic rings.